The van der Waals surface area contributed by atoms with Gasteiger partial charge in [-0.25, -0.2) is 4.79 Å². The Kier molecular flexibility index (Phi) is 4.09. The summed E-state index contributed by atoms with van der Waals surface area (Å²) in [6, 6.07) is 14.3. The first kappa shape index (κ1) is 19.9. The second-order valence-corrected chi connectivity index (χ2v) is 9.82. The molecule has 4 aliphatic heterocycles. The lowest BCUT2D eigenvalue weighted by atomic mass is 9.73. The highest BCUT2D eigenvalue weighted by Gasteiger charge is 2.55. The lowest BCUT2D eigenvalue weighted by molar-refractivity contribution is 0.0222. The summed E-state index contributed by atoms with van der Waals surface area (Å²) in [5.74, 6) is 1.40. The van der Waals surface area contributed by atoms with Gasteiger partial charge in [0.2, 0.25) is 0 Å². The molecule has 34 heavy (non-hydrogen) atoms. The Bertz CT molecular complexity index is 1420. The molecule has 4 heteroatoms. The summed E-state index contributed by atoms with van der Waals surface area (Å²) in [7, 11) is 0. The van der Waals surface area contributed by atoms with E-state index in [9.17, 15) is 4.79 Å². The fourth-order valence-corrected chi connectivity index (χ4v) is 6.59. The molecular weight excluding hydrogens is 422 g/mol. The highest BCUT2D eigenvalue weighted by Crippen LogP contribution is 2.60. The fourth-order valence-electron chi connectivity index (χ4n) is 6.59. The second-order valence-electron chi connectivity index (χ2n) is 9.82. The minimum absolute atomic E-state index is 0.268. The van der Waals surface area contributed by atoms with Crippen LogP contribution in [0, 0.1) is 6.92 Å². The van der Waals surface area contributed by atoms with Gasteiger partial charge in [0.05, 0.1) is 11.1 Å². The molecule has 0 saturated heterocycles. The van der Waals surface area contributed by atoms with Crippen molar-refractivity contribution in [3.05, 3.63) is 93.0 Å². The number of esters is 1. The number of aryl methyl sites for hydroxylation is 2. The van der Waals surface area contributed by atoms with Crippen molar-refractivity contribution in [2.24, 2.45) is 0 Å². The smallest absolute Gasteiger partial charge is 0.340 e. The molecule has 0 N–H and O–H groups in total. The van der Waals surface area contributed by atoms with Gasteiger partial charge >= 0.3 is 5.97 Å². The van der Waals surface area contributed by atoms with Crippen LogP contribution in [-0.2, 0) is 23.2 Å². The number of benzene rings is 3. The van der Waals surface area contributed by atoms with Crippen LogP contribution in [0.15, 0.2) is 48.5 Å². The van der Waals surface area contributed by atoms with Crippen LogP contribution in [0.2, 0.25) is 0 Å². The normalized spacial score (nSPS) is 21.6. The zero-order chi connectivity index (χ0) is 23.0. The molecule has 0 aliphatic carbocycles. The number of nitrogens with zero attached hydrogens (tertiary/aromatic N) is 1. The monoisotopic (exact) mass is 449 g/mol. The summed E-state index contributed by atoms with van der Waals surface area (Å²) in [6.07, 6.45) is 8.44. The Hall–Kier alpha value is -3.53. The van der Waals surface area contributed by atoms with E-state index in [4.69, 9.17) is 9.47 Å². The van der Waals surface area contributed by atoms with Gasteiger partial charge in [0.15, 0.2) is 5.60 Å². The predicted molar refractivity (Wildman–Crippen MR) is 133 cm³/mol. The van der Waals surface area contributed by atoms with Gasteiger partial charge in [0.1, 0.15) is 11.5 Å². The minimum atomic E-state index is -1.01. The van der Waals surface area contributed by atoms with Gasteiger partial charge in [0, 0.05) is 35.5 Å². The van der Waals surface area contributed by atoms with Crippen molar-refractivity contribution < 1.29 is 14.3 Å². The molecule has 170 valence electrons. The van der Waals surface area contributed by atoms with Crippen molar-refractivity contribution in [1.82, 2.24) is 0 Å². The number of hydrogen-bond donors (Lipinski definition) is 0. The number of rotatable bonds is 1. The van der Waals surface area contributed by atoms with E-state index in [1.165, 1.54) is 16.8 Å². The minimum Gasteiger partial charge on any atom is -0.456 e. The third-order valence-corrected chi connectivity index (χ3v) is 7.95. The maximum Gasteiger partial charge on any atom is 0.340 e. The standard InChI is InChI=1S/C30H27NO3/c1-3-8-20-18(2)13-14-25-26(20)30(23-12-5-4-10-21(23)29(32)34-30)24-17-19-9-6-15-31-16-7-11-22(27(19)31)28(24)33-25/h3-5,8,10,12-14,17H,6-7,9,11,15-16H2,1-2H3/b8-3-. The van der Waals surface area contributed by atoms with E-state index < -0.39 is 5.60 Å². The molecule has 0 radical (unpaired) electrons. The lowest BCUT2D eigenvalue weighted by Gasteiger charge is -2.43. The first-order valence-electron chi connectivity index (χ1n) is 12.3. The molecule has 4 nitrogen and oxygen atoms in total. The molecule has 7 rings (SSSR count). The second kappa shape index (κ2) is 6.99. The van der Waals surface area contributed by atoms with E-state index in [0.29, 0.717) is 5.56 Å². The molecule has 1 unspecified atom stereocenters. The third-order valence-electron chi connectivity index (χ3n) is 7.95. The summed E-state index contributed by atoms with van der Waals surface area (Å²) in [5, 5.41) is 0. The van der Waals surface area contributed by atoms with E-state index in [1.54, 1.807) is 0 Å². The quantitative estimate of drug-likeness (QED) is 0.409. The van der Waals surface area contributed by atoms with Crippen LogP contribution in [0.4, 0.5) is 5.69 Å². The maximum absolute atomic E-state index is 13.3. The van der Waals surface area contributed by atoms with Gasteiger partial charge in [-0.2, -0.15) is 0 Å². The number of ether oxygens (including phenoxy) is 2. The van der Waals surface area contributed by atoms with Crippen LogP contribution in [0.3, 0.4) is 0 Å². The molecule has 4 aliphatic rings. The van der Waals surface area contributed by atoms with Crippen molar-refractivity contribution in [2.75, 3.05) is 18.0 Å². The summed E-state index contributed by atoms with van der Waals surface area (Å²) >= 11 is 0. The molecule has 0 amide bonds. The van der Waals surface area contributed by atoms with Crippen LogP contribution in [-0.4, -0.2) is 19.1 Å². The van der Waals surface area contributed by atoms with Crippen LogP contribution < -0.4 is 9.64 Å². The van der Waals surface area contributed by atoms with Gasteiger partial charge in [-0.3, -0.25) is 0 Å². The Morgan fingerprint density at radius 3 is 2.71 bits per heavy atom. The molecule has 1 atom stereocenters. The number of hydrogen-bond acceptors (Lipinski definition) is 4. The van der Waals surface area contributed by atoms with Gasteiger partial charge in [-0.15, -0.1) is 0 Å². The molecule has 0 saturated carbocycles. The highest BCUT2D eigenvalue weighted by atomic mass is 16.6. The zero-order valence-electron chi connectivity index (χ0n) is 19.6. The van der Waals surface area contributed by atoms with Crippen molar-refractivity contribution in [3.63, 3.8) is 0 Å². The van der Waals surface area contributed by atoms with E-state index >= 15 is 0 Å². The van der Waals surface area contributed by atoms with Crippen molar-refractivity contribution in [2.45, 2.75) is 45.1 Å². The van der Waals surface area contributed by atoms with Crippen molar-refractivity contribution in [1.29, 1.82) is 0 Å². The van der Waals surface area contributed by atoms with Gasteiger partial charge in [-0.1, -0.05) is 36.4 Å². The zero-order valence-corrected chi connectivity index (χ0v) is 19.6. The summed E-state index contributed by atoms with van der Waals surface area (Å²) < 4.78 is 13.3. The third kappa shape index (κ3) is 2.41. The first-order valence-corrected chi connectivity index (χ1v) is 12.3. The molecule has 0 bridgehead atoms. The van der Waals surface area contributed by atoms with Gasteiger partial charge in [0.25, 0.3) is 0 Å². The average molecular weight is 450 g/mol. The molecule has 4 heterocycles. The van der Waals surface area contributed by atoms with Crippen molar-refractivity contribution >= 4 is 17.7 Å². The molecule has 3 aromatic rings. The molecule has 1 spiro atoms. The molecule has 0 aromatic heterocycles. The summed E-state index contributed by atoms with van der Waals surface area (Å²) in [4.78, 5) is 15.9. The highest BCUT2D eigenvalue weighted by molar-refractivity contribution is 5.97. The maximum atomic E-state index is 13.3. The average Bonchev–Trinajstić information content (AvgIpc) is 3.15. The van der Waals surface area contributed by atoms with Crippen molar-refractivity contribution in [3.8, 4) is 11.5 Å². The van der Waals surface area contributed by atoms with E-state index in [2.05, 4.69) is 36.1 Å². The van der Waals surface area contributed by atoms with Crippen LogP contribution in [0.1, 0.15) is 69.1 Å². The Balaban J connectivity index is 1.64. The SMILES string of the molecule is C/C=C\c1c(C)ccc2c1C1(OC(=O)c3ccccc31)c1cc3c4c(c1O2)CCCN4CCC3. The predicted octanol–water partition coefficient (Wildman–Crippen LogP) is 6.29. The molecule has 3 aromatic carbocycles. The Labute approximate surface area is 199 Å². The number of allylic oxidation sites excluding steroid dienone is 1. The van der Waals surface area contributed by atoms with E-state index in [0.717, 1.165) is 78.1 Å². The Morgan fingerprint density at radius 1 is 1.03 bits per heavy atom. The number of fused-ring (bicyclic) bond motifs is 7. The molecular formula is C30H27NO3. The van der Waals surface area contributed by atoms with Crippen LogP contribution in [0.5, 0.6) is 11.5 Å². The number of carbonyl (C=O) groups excluding carboxylic acids is 1. The lowest BCUT2D eigenvalue weighted by Crippen LogP contribution is -2.38. The summed E-state index contributed by atoms with van der Waals surface area (Å²) in [5.41, 5.74) is 8.64. The van der Waals surface area contributed by atoms with Crippen LogP contribution >= 0.6 is 0 Å². The van der Waals surface area contributed by atoms with Gasteiger partial charge in [-0.05, 0) is 74.4 Å². The first-order chi connectivity index (χ1) is 16.6. The number of carbonyl (C=O) groups is 1. The largest absolute Gasteiger partial charge is 0.456 e. The van der Waals surface area contributed by atoms with E-state index in [1.807, 2.05) is 37.3 Å². The van der Waals surface area contributed by atoms with Gasteiger partial charge < -0.3 is 14.4 Å². The summed E-state index contributed by atoms with van der Waals surface area (Å²) in [6.45, 7) is 6.33. The topological polar surface area (TPSA) is 38.8 Å². The van der Waals surface area contributed by atoms with Crippen LogP contribution in [0.25, 0.3) is 6.08 Å². The number of anilines is 1. The van der Waals surface area contributed by atoms with E-state index in [-0.39, 0.29) is 5.97 Å². The molecule has 0 fully saturated rings. The Morgan fingerprint density at radius 2 is 1.85 bits per heavy atom. The fraction of sp³-hybridized carbons (Fsp3) is 0.300.